The molecule has 1 radical (unpaired) electrons. The maximum Gasteiger partial charge on any atom is 0.316 e. The standard InChI is InChI=1S/C7H4Cl2N4/c8-5-2-1-4(3-6(5)9)7-10-12-13-11-7/h1-3H,(H,10,11,12)/q+1. The highest BCUT2D eigenvalue weighted by atomic mass is 35.5. The van der Waals surface area contributed by atoms with Gasteiger partial charge < -0.3 is 0 Å². The number of halogens is 2. The molecule has 0 amide bonds. The number of benzene rings is 1. The van der Waals surface area contributed by atoms with Crippen molar-refractivity contribution in [1.82, 2.24) is 10.6 Å². The van der Waals surface area contributed by atoms with Crippen LogP contribution in [-0.4, -0.2) is 5.84 Å². The molecule has 1 heterocycles. The Bertz CT molecular complexity index is 399. The Morgan fingerprint density at radius 2 is 2.08 bits per heavy atom. The van der Waals surface area contributed by atoms with Crippen molar-refractivity contribution in [2.24, 2.45) is 10.3 Å². The number of amidine groups is 1. The topological polar surface area (TPSA) is 50.9 Å². The third-order valence-electron chi connectivity index (χ3n) is 1.54. The quantitative estimate of drug-likeness (QED) is 0.764. The van der Waals surface area contributed by atoms with Crippen LogP contribution >= 0.6 is 23.2 Å². The van der Waals surface area contributed by atoms with E-state index < -0.39 is 0 Å². The zero-order valence-corrected chi connectivity index (χ0v) is 7.84. The van der Waals surface area contributed by atoms with Gasteiger partial charge in [0.1, 0.15) is 5.10 Å². The first-order chi connectivity index (χ1) is 6.27. The molecule has 0 aromatic heterocycles. The van der Waals surface area contributed by atoms with Gasteiger partial charge in [-0.3, -0.25) is 0 Å². The maximum atomic E-state index is 5.82. The summed E-state index contributed by atoms with van der Waals surface area (Å²) in [6, 6.07) is 5.18. The van der Waals surface area contributed by atoms with E-state index in [1.165, 1.54) is 0 Å². The molecule has 1 N–H and O–H groups in total. The van der Waals surface area contributed by atoms with Crippen LogP contribution in [0.5, 0.6) is 0 Å². The minimum atomic E-state index is 0.482. The van der Waals surface area contributed by atoms with Crippen LogP contribution in [0.2, 0.25) is 10.0 Å². The predicted molar refractivity (Wildman–Crippen MR) is 50.7 cm³/mol. The van der Waals surface area contributed by atoms with Crippen molar-refractivity contribution in [3.63, 3.8) is 0 Å². The Morgan fingerprint density at radius 3 is 2.69 bits per heavy atom. The molecule has 0 fully saturated rings. The summed E-state index contributed by atoms with van der Waals surface area (Å²) >= 11 is 11.6. The molecule has 2 rings (SSSR count). The summed E-state index contributed by atoms with van der Waals surface area (Å²) in [6.45, 7) is 0. The summed E-state index contributed by atoms with van der Waals surface area (Å²) in [7, 11) is 0. The van der Waals surface area contributed by atoms with E-state index in [1.807, 2.05) is 0 Å². The Hall–Kier alpha value is -1.13. The maximum absolute atomic E-state index is 5.82. The lowest BCUT2D eigenvalue weighted by molar-refractivity contribution is 0.818. The summed E-state index contributed by atoms with van der Waals surface area (Å²) in [6.07, 6.45) is 0. The monoisotopic (exact) mass is 214 g/mol. The molecule has 13 heavy (non-hydrogen) atoms. The summed E-state index contributed by atoms with van der Waals surface area (Å²) in [5.41, 5.74) is 3.43. The van der Waals surface area contributed by atoms with E-state index >= 15 is 0 Å². The number of hydrogen-bond acceptors (Lipinski definition) is 4. The molecule has 0 saturated carbocycles. The third kappa shape index (κ3) is 1.64. The van der Waals surface area contributed by atoms with Crippen molar-refractivity contribution in [3.05, 3.63) is 33.8 Å². The molecule has 0 bridgehead atoms. The van der Waals surface area contributed by atoms with E-state index in [0.717, 1.165) is 5.56 Å². The second kappa shape index (κ2) is 3.32. The van der Waals surface area contributed by atoms with Crippen LogP contribution in [0, 0.1) is 0 Å². The Morgan fingerprint density at radius 1 is 1.23 bits per heavy atom. The van der Waals surface area contributed by atoms with Crippen LogP contribution < -0.4 is 10.6 Å². The number of nitrogens with one attached hydrogen (secondary N) is 1. The summed E-state index contributed by atoms with van der Waals surface area (Å²) < 4.78 is 0. The second-order valence-corrected chi connectivity index (χ2v) is 3.19. The predicted octanol–water partition coefficient (Wildman–Crippen LogP) is 1.96. The minimum Gasteiger partial charge on any atom is -0.118 e. The van der Waals surface area contributed by atoms with Crippen molar-refractivity contribution >= 4 is 29.0 Å². The molecule has 6 heteroatoms. The molecule has 1 aliphatic heterocycles. The fourth-order valence-electron chi connectivity index (χ4n) is 0.925. The molecule has 0 atom stereocenters. The van der Waals surface area contributed by atoms with Crippen LogP contribution in [-0.2, 0) is 0 Å². The lowest BCUT2D eigenvalue weighted by Crippen LogP contribution is -2.20. The Kier molecular flexibility index (Phi) is 2.16. The normalized spacial score (nSPS) is 14.2. The van der Waals surface area contributed by atoms with Crippen LogP contribution in [0.15, 0.2) is 28.5 Å². The van der Waals surface area contributed by atoms with Gasteiger partial charge >= 0.3 is 5.84 Å². The fourth-order valence-corrected chi connectivity index (χ4v) is 1.22. The van der Waals surface area contributed by atoms with Gasteiger partial charge in [-0.15, -0.1) is 5.43 Å². The Labute approximate surface area is 84.2 Å². The van der Waals surface area contributed by atoms with Crippen molar-refractivity contribution in [3.8, 4) is 0 Å². The van der Waals surface area contributed by atoms with Gasteiger partial charge in [-0.1, -0.05) is 23.2 Å². The van der Waals surface area contributed by atoms with Crippen LogP contribution in [0.25, 0.3) is 0 Å². The molecule has 65 valence electrons. The Balaban J connectivity index is 2.37. The summed E-state index contributed by atoms with van der Waals surface area (Å²) in [4.78, 5) is 0. The second-order valence-electron chi connectivity index (χ2n) is 2.38. The summed E-state index contributed by atoms with van der Waals surface area (Å²) in [5, 5.41) is 11.6. The molecule has 1 aromatic rings. The molecule has 0 aliphatic carbocycles. The van der Waals surface area contributed by atoms with Crippen molar-refractivity contribution in [2.45, 2.75) is 0 Å². The molecular formula is C7H4Cl2N4+. The van der Waals surface area contributed by atoms with Gasteiger partial charge in [-0.25, -0.2) is 0 Å². The molecular weight excluding hydrogens is 211 g/mol. The highest BCUT2D eigenvalue weighted by Crippen LogP contribution is 2.22. The van der Waals surface area contributed by atoms with E-state index in [1.54, 1.807) is 18.2 Å². The first-order valence-electron chi connectivity index (χ1n) is 3.46. The van der Waals surface area contributed by atoms with Gasteiger partial charge in [0, 0.05) is 0 Å². The number of nitrogens with zero attached hydrogens (tertiary/aromatic N) is 3. The van der Waals surface area contributed by atoms with Crippen molar-refractivity contribution in [2.75, 3.05) is 0 Å². The van der Waals surface area contributed by atoms with Crippen molar-refractivity contribution in [1.29, 1.82) is 0 Å². The zero-order valence-electron chi connectivity index (χ0n) is 6.33. The smallest absolute Gasteiger partial charge is 0.118 e. The van der Waals surface area contributed by atoms with Gasteiger partial charge in [0.05, 0.1) is 15.6 Å². The van der Waals surface area contributed by atoms with Gasteiger partial charge in [-0.05, 0) is 18.2 Å². The number of rotatable bonds is 1. The van der Waals surface area contributed by atoms with Gasteiger partial charge in [0.25, 0.3) is 0 Å². The average molecular weight is 215 g/mol. The van der Waals surface area contributed by atoms with Crippen molar-refractivity contribution < 1.29 is 0 Å². The SMILES string of the molecule is Clc1ccc(C2=NN=[N+]N2)cc1Cl. The molecule has 0 saturated heterocycles. The molecule has 1 aromatic carbocycles. The van der Waals surface area contributed by atoms with Crippen LogP contribution in [0.1, 0.15) is 5.56 Å². The highest BCUT2D eigenvalue weighted by molar-refractivity contribution is 6.42. The van der Waals surface area contributed by atoms with Gasteiger partial charge in [0.2, 0.25) is 5.22 Å². The first kappa shape index (κ1) is 8.47. The molecule has 0 unspecified atom stereocenters. The highest BCUT2D eigenvalue weighted by Gasteiger charge is 2.17. The lowest BCUT2D eigenvalue weighted by Gasteiger charge is -1.96. The average Bonchev–Trinajstić information content (AvgIpc) is 2.62. The summed E-state index contributed by atoms with van der Waals surface area (Å²) in [5.74, 6) is 0.568. The van der Waals surface area contributed by atoms with E-state index in [4.69, 9.17) is 23.2 Å². The largest absolute Gasteiger partial charge is 0.316 e. The van der Waals surface area contributed by atoms with Crippen LogP contribution in [0.3, 0.4) is 0 Å². The van der Waals surface area contributed by atoms with Crippen LogP contribution in [0.4, 0.5) is 0 Å². The third-order valence-corrected chi connectivity index (χ3v) is 2.28. The van der Waals surface area contributed by atoms with E-state index in [0.29, 0.717) is 15.9 Å². The van der Waals surface area contributed by atoms with E-state index in [2.05, 4.69) is 21.0 Å². The van der Waals surface area contributed by atoms with Gasteiger partial charge in [-0.2, -0.15) is 0 Å². The van der Waals surface area contributed by atoms with E-state index in [9.17, 15) is 0 Å². The fraction of sp³-hybridized carbons (Fsp3) is 0. The molecule has 1 aliphatic rings. The van der Waals surface area contributed by atoms with E-state index in [-0.39, 0.29) is 0 Å². The van der Waals surface area contributed by atoms with Gasteiger partial charge in [0.15, 0.2) is 5.22 Å². The minimum absolute atomic E-state index is 0.482. The number of hydrogen-bond donors (Lipinski definition) is 1. The zero-order chi connectivity index (χ0) is 9.26. The molecule has 0 spiro atoms. The first-order valence-corrected chi connectivity index (χ1v) is 4.22. The lowest BCUT2D eigenvalue weighted by atomic mass is 10.2. The molecule has 4 nitrogen and oxygen atoms in total.